The Morgan fingerprint density at radius 1 is 1.15 bits per heavy atom. The topological polar surface area (TPSA) is 55.9 Å². The van der Waals surface area contributed by atoms with Gasteiger partial charge < -0.3 is 9.67 Å². The highest BCUT2D eigenvalue weighted by molar-refractivity contribution is 5.34. The van der Waals surface area contributed by atoms with Crippen LogP contribution < -0.4 is 0 Å². The van der Waals surface area contributed by atoms with Crippen LogP contribution in [0.5, 0.6) is 0 Å². The van der Waals surface area contributed by atoms with Gasteiger partial charge in [-0.05, 0) is 25.1 Å². The van der Waals surface area contributed by atoms with Crippen molar-refractivity contribution >= 4 is 0 Å². The summed E-state index contributed by atoms with van der Waals surface area (Å²) in [5.41, 5.74) is 2.42. The Hall–Kier alpha value is -2.40. The molecule has 102 valence electrons. The fraction of sp³-hybridized carbons (Fsp3) is 0.200. The highest BCUT2D eigenvalue weighted by Crippen LogP contribution is 2.23. The van der Waals surface area contributed by atoms with E-state index in [9.17, 15) is 5.11 Å². The summed E-state index contributed by atoms with van der Waals surface area (Å²) in [5.74, 6) is 0. The van der Waals surface area contributed by atoms with E-state index in [-0.39, 0.29) is 0 Å². The molecule has 0 amide bonds. The first kappa shape index (κ1) is 12.6. The van der Waals surface area contributed by atoms with Gasteiger partial charge in [0.25, 0.3) is 0 Å². The minimum Gasteiger partial charge on any atom is -0.380 e. The van der Waals surface area contributed by atoms with Crippen molar-refractivity contribution in [3.8, 4) is 5.69 Å². The molecule has 20 heavy (non-hydrogen) atoms. The third-order valence-electron chi connectivity index (χ3n) is 3.32. The van der Waals surface area contributed by atoms with Gasteiger partial charge in [0.1, 0.15) is 6.10 Å². The van der Waals surface area contributed by atoms with Crippen molar-refractivity contribution < 1.29 is 5.11 Å². The minimum atomic E-state index is -0.750. The molecule has 0 spiro atoms. The molecule has 5 nitrogen and oxygen atoms in total. The molecule has 3 rings (SSSR count). The van der Waals surface area contributed by atoms with E-state index in [2.05, 4.69) is 10.1 Å². The summed E-state index contributed by atoms with van der Waals surface area (Å²) in [7, 11) is 0. The van der Waals surface area contributed by atoms with Crippen molar-refractivity contribution in [1.29, 1.82) is 0 Å². The fourth-order valence-corrected chi connectivity index (χ4v) is 2.28. The molecule has 2 heterocycles. The molecular weight excluding hydrogens is 252 g/mol. The Kier molecular flexibility index (Phi) is 3.35. The van der Waals surface area contributed by atoms with E-state index in [1.54, 1.807) is 23.4 Å². The van der Waals surface area contributed by atoms with Crippen molar-refractivity contribution in [3.05, 3.63) is 66.5 Å². The number of hydrogen-bond acceptors (Lipinski definition) is 3. The number of aromatic nitrogens is 4. The number of benzene rings is 1. The lowest BCUT2D eigenvalue weighted by atomic mass is 10.2. The summed E-state index contributed by atoms with van der Waals surface area (Å²) in [6.07, 6.45) is 4.36. The van der Waals surface area contributed by atoms with Gasteiger partial charge in [0.15, 0.2) is 0 Å². The smallest absolute Gasteiger partial charge is 0.137 e. The Morgan fingerprint density at radius 2 is 1.95 bits per heavy atom. The average Bonchev–Trinajstić information content (AvgIpc) is 3.16. The molecule has 0 radical (unpaired) electrons. The van der Waals surface area contributed by atoms with Gasteiger partial charge in [-0.3, -0.25) is 0 Å². The SMILES string of the molecule is CCn1cncc1C(O)c1ccnn1-c1ccccc1. The largest absolute Gasteiger partial charge is 0.380 e. The molecule has 0 saturated heterocycles. The number of aliphatic hydroxyl groups is 1. The lowest BCUT2D eigenvalue weighted by molar-refractivity contribution is 0.202. The second-order valence-corrected chi connectivity index (χ2v) is 4.51. The Balaban J connectivity index is 2.02. The van der Waals surface area contributed by atoms with Crippen LogP contribution in [-0.4, -0.2) is 24.4 Å². The van der Waals surface area contributed by atoms with E-state index in [0.717, 1.165) is 23.6 Å². The lowest BCUT2D eigenvalue weighted by Gasteiger charge is -2.14. The molecule has 2 aromatic heterocycles. The quantitative estimate of drug-likeness (QED) is 0.789. The van der Waals surface area contributed by atoms with E-state index < -0.39 is 6.10 Å². The van der Waals surface area contributed by atoms with Crippen LogP contribution in [-0.2, 0) is 6.54 Å². The van der Waals surface area contributed by atoms with Crippen LogP contribution in [0.4, 0.5) is 0 Å². The van der Waals surface area contributed by atoms with Crippen molar-refractivity contribution in [2.45, 2.75) is 19.6 Å². The number of para-hydroxylation sites is 1. The first-order valence-electron chi connectivity index (χ1n) is 6.58. The van der Waals surface area contributed by atoms with Gasteiger partial charge in [-0.25, -0.2) is 9.67 Å². The van der Waals surface area contributed by atoms with Crippen molar-refractivity contribution in [3.63, 3.8) is 0 Å². The molecule has 1 N–H and O–H groups in total. The molecule has 0 fully saturated rings. The maximum atomic E-state index is 10.6. The molecule has 5 heteroatoms. The Morgan fingerprint density at radius 3 is 2.70 bits per heavy atom. The van der Waals surface area contributed by atoms with Gasteiger partial charge in [-0.15, -0.1) is 0 Å². The predicted octanol–water partition coefficient (Wildman–Crippen LogP) is 2.17. The van der Waals surface area contributed by atoms with Gasteiger partial charge in [0.2, 0.25) is 0 Å². The molecule has 1 aromatic carbocycles. The van der Waals surface area contributed by atoms with Crippen LogP contribution in [0.2, 0.25) is 0 Å². The van der Waals surface area contributed by atoms with Crippen LogP contribution in [0.3, 0.4) is 0 Å². The van der Waals surface area contributed by atoms with Crippen LogP contribution >= 0.6 is 0 Å². The van der Waals surface area contributed by atoms with E-state index in [1.165, 1.54) is 0 Å². The number of nitrogens with zero attached hydrogens (tertiary/aromatic N) is 4. The number of aryl methyl sites for hydroxylation is 1. The number of rotatable bonds is 4. The number of imidazole rings is 1. The average molecular weight is 268 g/mol. The molecule has 0 aliphatic carbocycles. The zero-order valence-corrected chi connectivity index (χ0v) is 11.2. The second kappa shape index (κ2) is 5.30. The van der Waals surface area contributed by atoms with Crippen molar-refractivity contribution in [2.24, 2.45) is 0 Å². The van der Waals surface area contributed by atoms with E-state index >= 15 is 0 Å². The van der Waals surface area contributed by atoms with Crippen LogP contribution in [0, 0.1) is 0 Å². The molecule has 1 atom stereocenters. The molecule has 0 saturated carbocycles. The summed E-state index contributed by atoms with van der Waals surface area (Å²) in [6.45, 7) is 2.79. The van der Waals surface area contributed by atoms with Crippen molar-refractivity contribution in [1.82, 2.24) is 19.3 Å². The van der Waals surface area contributed by atoms with Crippen LogP contribution in [0.15, 0.2) is 55.1 Å². The second-order valence-electron chi connectivity index (χ2n) is 4.51. The molecule has 0 bridgehead atoms. The summed E-state index contributed by atoms with van der Waals surface area (Å²) >= 11 is 0. The van der Waals surface area contributed by atoms with E-state index in [4.69, 9.17) is 0 Å². The van der Waals surface area contributed by atoms with Gasteiger partial charge in [0.05, 0.1) is 29.6 Å². The first-order chi connectivity index (χ1) is 9.81. The molecule has 0 aliphatic rings. The first-order valence-corrected chi connectivity index (χ1v) is 6.58. The lowest BCUT2D eigenvalue weighted by Crippen LogP contribution is -2.12. The third kappa shape index (κ3) is 2.12. The van der Waals surface area contributed by atoms with E-state index in [1.807, 2.05) is 47.9 Å². The summed E-state index contributed by atoms with van der Waals surface area (Å²) < 4.78 is 3.67. The van der Waals surface area contributed by atoms with Crippen LogP contribution in [0.1, 0.15) is 24.4 Å². The minimum absolute atomic E-state index is 0.728. The summed E-state index contributed by atoms with van der Waals surface area (Å²) in [6, 6.07) is 11.6. The molecular formula is C15H16N4O. The van der Waals surface area contributed by atoms with Crippen molar-refractivity contribution in [2.75, 3.05) is 0 Å². The molecule has 0 aliphatic heterocycles. The summed E-state index contributed by atoms with van der Waals surface area (Å²) in [5, 5.41) is 14.9. The fourth-order valence-electron chi connectivity index (χ4n) is 2.28. The number of aliphatic hydroxyl groups excluding tert-OH is 1. The predicted molar refractivity (Wildman–Crippen MR) is 75.5 cm³/mol. The van der Waals surface area contributed by atoms with Gasteiger partial charge in [-0.2, -0.15) is 5.10 Å². The maximum absolute atomic E-state index is 10.6. The molecule has 1 unspecified atom stereocenters. The standard InChI is InChI=1S/C15H16N4O/c1-2-18-11-16-10-14(18)15(20)13-8-9-17-19(13)12-6-4-3-5-7-12/h3-11,15,20H,2H2,1H3. The van der Waals surface area contributed by atoms with Gasteiger partial charge in [0, 0.05) is 12.7 Å². The zero-order chi connectivity index (χ0) is 13.9. The third-order valence-corrected chi connectivity index (χ3v) is 3.32. The monoisotopic (exact) mass is 268 g/mol. The van der Waals surface area contributed by atoms with E-state index in [0.29, 0.717) is 0 Å². The Bertz CT molecular complexity index is 687. The maximum Gasteiger partial charge on any atom is 0.137 e. The Labute approximate surface area is 117 Å². The highest BCUT2D eigenvalue weighted by atomic mass is 16.3. The summed E-state index contributed by atoms with van der Waals surface area (Å²) in [4.78, 5) is 4.10. The van der Waals surface area contributed by atoms with Crippen LogP contribution in [0.25, 0.3) is 5.69 Å². The molecule has 3 aromatic rings. The zero-order valence-electron chi connectivity index (χ0n) is 11.2. The van der Waals surface area contributed by atoms with Gasteiger partial charge in [-0.1, -0.05) is 18.2 Å². The van der Waals surface area contributed by atoms with Gasteiger partial charge >= 0.3 is 0 Å². The number of hydrogen-bond donors (Lipinski definition) is 1. The highest BCUT2D eigenvalue weighted by Gasteiger charge is 2.19. The normalized spacial score (nSPS) is 12.5.